The van der Waals surface area contributed by atoms with Crippen LogP contribution in [0.1, 0.15) is 25.0 Å². The van der Waals surface area contributed by atoms with Gasteiger partial charge in [-0.05, 0) is 38.0 Å². The Hall–Kier alpha value is -2.54. The molecule has 4 rings (SSSR count). The normalized spacial score (nSPS) is 14.3. The minimum absolute atomic E-state index is 0.283. The number of rotatable bonds is 7. The number of carbonyl (C=O) groups is 1. The number of thioether (sulfide) groups is 1. The lowest BCUT2D eigenvalue weighted by molar-refractivity contribution is -0.127. The quantitative estimate of drug-likeness (QED) is 0.457. The molecule has 1 aliphatic heterocycles. The van der Waals surface area contributed by atoms with E-state index in [1.54, 1.807) is 18.0 Å². The molecule has 1 fully saturated rings. The average molecular weight is 382 g/mol. The molecule has 0 unspecified atom stereocenters. The van der Waals surface area contributed by atoms with Gasteiger partial charge < -0.3 is 9.32 Å². The molecule has 0 spiro atoms. The van der Waals surface area contributed by atoms with E-state index in [1.807, 2.05) is 36.1 Å². The van der Waals surface area contributed by atoms with Gasteiger partial charge in [0.05, 0.1) is 11.8 Å². The lowest BCUT2D eigenvalue weighted by atomic mass is 10.2. The molecule has 0 radical (unpaired) electrons. The Morgan fingerprint density at radius 3 is 2.74 bits per heavy atom. The maximum absolute atomic E-state index is 11.7. The second kappa shape index (κ2) is 8.00. The van der Waals surface area contributed by atoms with Crippen LogP contribution in [0.2, 0.25) is 0 Å². The van der Waals surface area contributed by atoms with Crippen LogP contribution in [-0.4, -0.2) is 44.4 Å². The molecule has 1 saturated heterocycles. The third-order valence-electron chi connectivity index (χ3n) is 4.72. The number of nitrogens with zero attached hydrogens (tertiary/aromatic N) is 4. The maximum atomic E-state index is 11.7. The van der Waals surface area contributed by atoms with Crippen LogP contribution in [0.5, 0.6) is 0 Å². The monoisotopic (exact) mass is 382 g/mol. The molecule has 0 atom stereocenters. The zero-order valence-corrected chi connectivity index (χ0v) is 16.1. The zero-order valence-electron chi connectivity index (χ0n) is 15.3. The summed E-state index contributed by atoms with van der Waals surface area (Å²) in [5.41, 5.74) is 1.97. The molecule has 3 heterocycles. The van der Waals surface area contributed by atoms with Crippen LogP contribution in [0.3, 0.4) is 0 Å². The van der Waals surface area contributed by atoms with E-state index >= 15 is 0 Å². The van der Waals surface area contributed by atoms with E-state index in [2.05, 4.69) is 26.9 Å². The van der Waals surface area contributed by atoms with Gasteiger partial charge in [-0.15, -0.1) is 10.2 Å². The van der Waals surface area contributed by atoms with Gasteiger partial charge in [0, 0.05) is 31.0 Å². The van der Waals surface area contributed by atoms with Gasteiger partial charge in [0.15, 0.2) is 11.0 Å². The molecular formula is C20H22N4O2S. The predicted molar refractivity (Wildman–Crippen MR) is 105 cm³/mol. The van der Waals surface area contributed by atoms with Crippen molar-refractivity contribution in [3.63, 3.8) is 0 Å². The van der Waals surface area contributed by atoms with Crippen molar-refractivity contribution in [2.75, 3.05) is 18.8 Å². The Bertz CT molecular complexity index is 919. The van der Waals surface area contributed by atoms with Crippen LogP contribution in [-0.2, 0) is 4.79 Å². The molecular weight excluding hydrogens is 360 g/mol. The summed E-state index contributed by atoms with van der Waals surface area (Å²) in [4.78, 5) is 13.7. The molecule has 0 aliphatic carbocycles. The second-order valence-corrected chi connectivity index (χ2v) is 7.62. The summed E-state index contributed by atoms with van der Waals surface area (Å²) >= 11 is 1.67. The molecule has 0 N–H and O–H groups in total. The van der Waals surface area contributed by atoms with Crippen molar-refractivity contribution in [2.24, 2.45) is 0 Å². The Kier molecular flexibility index (Phi) is 5.29. The Balaban J connectivity index is 1.53. The van der Waals surface area contributed by atoms with Crippen molar-refractivity contribution in [3.8, 4) is 17.1 Å². The van der Waals surface area contributed by atoms with Crippen molar-refractivity contribution in [1.82, 2.24) is 19.7 Å². The van der Waals surface area contributed by atoms with Gasteiger partial charge in [-0.1, -0.05) is 30.0 Å². The highest BCUT2D eigenvalue weighted by Gasteiger charge is 2.21. The highest BCUT2D eigenvalue weighted by Crippen LogP contribution is 2.30. The Morgan fingerprint density at radius 2 is 2.04 bits per heavy atom. The highest BCUT2D eigenvalue weighted by atomic mass is 32.2. The number of hydrogen-bond donors (Lipinski definition) is 0. The second-order valence-electron chi connectivity index (χ2n) is 6.55. The molecule has 1 amide bonds. The minimum Gasteiger partial charge on any atom is -0.469 e. The van der Waals surface area contributed by atoms with E-state index in [9.17, 15) is 4.79 Å². The van der Waals surface area contributed by atoms with Gasteiger partial charge in [-0.2, -0.15) is 0 Å². The zero-order chi connectivity index (χ0) is 18.6. The Labute approximate surface area is 162 Å². The van der Waals surface area contributed by atoms with Gasteiger partial charge in [0.25, 0.3) is 0 Å². The van der Waals surface area contributed by atoms with Crippen LogP contribution >= 0.6 is 11.8 Å². The fourth-order valence-electron chi connectivity index (χ4n) is 3.32. The summed E-state index contributed by atoms with van der Waals surface area (Å²) < 4.78 is 7.53. The van der Waals surface area contributed by atoms with E-state index in [0.717, 1.165) is 59.7 Å². The van der Waals surface area contributed by atoms with E-state index < -0.39 is 0 Å². The molecule has 2 aromatic heterocycles. The van der Waals surface area contributed by atoms with E-state index in [1.165, 1.54) is 0 Å². The number of hydrogen-bond acceptors (Lipinski definition) is 5. The molecule has 0 saturated carbocycles. The summed E-state index contributed by atoms with van der Waals surface area (Å²) in [6, 6.07) is 12.0. The average Bonchev–Trinajstić information content (AvgIpc) is 3.39. The van der Waals surface area contributed by atoms with Crippen molar-refractivity contribution < 1.29 is 9.21 Å². The lowest BCUT2D eigenvalue weighted by Crippen LogP contribution is -2.25. The van der Waals surface area contributed by atoms with Gasteiger partial charge in [-0.25, -0.2) is 0 Å². The highest BCUT2D eigenvalue weighted by molar-refractivity contribution is 7.99. The minimum atomic E-state index is 0.283. The van der Waals surface area contributed by atoms with Crippen LogP contribution < -0.4 is 0 Å². The largest absolute Gasteiger partial charge is 0.469 e. The molecule has 1 aliphatic rings. The maximum Gasteiger partial charge on any atom is 0.222 e. The third-order valence-corrected chi connectivity index (χ3v) is 5.74. The van der Waals surface area contributed by atoms with Gasteiger partial charge in [-0.3, -0.25) is 9.36 Å². The van der Waals surface area contributed by atoms with Gasteiger partial charge in [0.2, 0.25) is 5.91 Å². The van der Waals surface area contributed by atoms with Crippen LogP contribution in [0.4, 0.5) is 0 Å². The summed E-state index contributed by atoms with van der Waals surface area (Å²) in [6.07, 6.45) is 4.30. The number of likely N-dealkylation sites (tertiary alicyclic amines) is 1. The first-order valence-corrected chi connectivity index (χ1v) is 10.2. The predicted octanol–water partition coefficient (Wildman–Crippen LogP) is 3.94. The fraction of sp³-hybridized carbons (Fsp3) is 0.350. The number of para-hydroxylation sites is 1. The van der Waals surface area contributed by atoms with Crippen molar-refractivity contribution >= 4 is 17.7 Å². The summed E-state index contributed by atoms with van der Waals surface area (Å²) in [5, 5.41) is 9.71. The molecule has 1 aromatic carbocycles. The number of aromatic nitrogens is 3. The number of amides is 1. The number of furan rings is 1. The van der Waals surface area contributed by atoms with Crippen LogP contribution in [0, 0.1) is 6.92 Å². The smallest absolute Gasteiger partial charge is 0.222 e. The van der Waals surface area contributed by atoms with Crippen LogP contribution in [0.15, 0.2) is 52.2 Å². The van der Waals surface area contributed by atoms with Crippen LogP contribution in [0.25, 0.3) is 17.1 Å². The van der Waals surface area contributed by atoms with E-state index in [4.69, 9.17) is 4.42 Å². The first-order chi connectivity index (χ1) is 13.2. The molecule has 3 aromatic rings. The standard InChI is InChI=1S/C20H22N4O2S/c1-15-17(10-13-26-15)19-21-22-20(24(19)16-7-3-2-4-8-16)27-14-6-12-23-11-5-9-18(23)25/h2-4,7-8,10,13H,5-6,9,11-12,14H2,1H3. The molecule has 27 heavy (non-hydrogen) atoms. The number of carbonyl (C=O) groups excluding carboxylic acids is 1. The molecule has 0 bridgehead atoms. The van der Waals surface area contributed by atoms with E-state index in [-0.39, 0.29) is 5.91 Å². The van der Waals surface area contributed by atoms with Crippen molar-refractivity contribution in [3.05, 3.63) is 48.4 Å². The molecule has 140 valence electrons. The number of aryl methyl sites for hydroxylation is 1. The Morgan fingerprint density at radius 1 is 1.19 bits per heavy atom. The third kappa shape index (κ3) is 3.78. The van der Waals surface area contributed by atoms with Crippen molar-refractivity contribution in [2.45, 2.75) is 31.3 Å². The summed E-state index contributed by atoms with van der Waals surface area (Å²) in [7, 11) is 0. The van der Waals surface area contributed by atoms with Gasteiger partial charge in [0.1, 0.15) is 5.76 Å². The molecule has 7 heteroatoms. The van der Waals surface area contributed by atoms with Gasteiger partial charge >= 0.3 is 0 Å². The fourth-order valence-corrected chi connectivity index (χ4v) is 4.20. The summed E-state index contributed by atoms with van der Waals surface area (Å²) in [5.74, 6) is 2.78. The molecule has 6 nitrogen and oxygen atoms in total. The lowest BCUT2D eigenvalue weighted by Gasteiger charge is -2.15. The SMILES string of the molecule is Cc1occc1-c1nnc(SCCCN2CCCC2=O)n1-c1ccccc1. The van der Waals surface area contributed by atoms with E-state index in [0.29, 0.717) is 6.42 Å². The number of benzene rings is 1. The van der Waals surface area contributed by atoms with Crippen molar-refractivity contribution in [1.29, 1.82) is 0 Å². The summed E-state index contributed by atoms with van der Waals surface area (Å²) in [6.45, 7) is 3.64. The topological polar surface area (TPSA) is 64.2 Å². The first kappa shape index (κ1) is 17.9. The first-order valence-electron chi connectivity index (χ1n) is 9.20.